The van der Waals surface area contributed by atoms with E-state index in [2.05, 4.69) is 5.32 Å². The van der Waals surface area contributed by atoms with Crippen molar-refractivity contribution in [3.05, 3.63) is 96.7 Å². The third-order valence-corrected chi connectivity index (χ3v) is 4.38. The summed E-state index contributed by atoms with van der Waals surface area (Å²) in [6.45, 7) is 0.764. The van der Waals surface area contributed by atoms with Gasteiger partial charge in [-0.05, 0) is 35.9 Å². The van der Waals surface area contributed by atoms with E-state index >= 15 is 0 Å². The first-order valence-corrected chi connectivity index (χ1v) is 8.89. The first-order chi connectivity index (χ1) is 13.3. The van der Waals surface area contributed by atoms with E-state index in [1.165, 1.54) is 0 Å². The number of nitrogens with one attached hydrogen (secondary N) is 1. The maximum absolute atomic E-state index is 12.4. The maximum atomic E-state index is 12.4. The number of nitrogens with zero attached hydrogens (tertiary/aromatic N) is 1. The van der Waals surface area contributed by atoms with Gasteiger partial charge in [0.25, 0.3) is 0 Å². The number of rotatable bonds is 6. The summed E-state index contributed by atoms with van der Waals surface area (Å²) in [4.78, 5) is 12.4. The summed E-state index contributed by atoms with van der Waals surface area (Å²) in [5.41, 5.74) is 2.89. The number of hydrogen-bond acceptors (Lipinski definition) is 2. The Morgan fingerprint density at radius 1 is 0.852 bits per heavy atom. The summed E-state index contributed by atoms with van der Waals surface area (Å²) >= 11 is 0. The molecule has 0 atom stereocenters. The molecule has 1 aromatic heterocycles. The number of hydrogen-bond donors (Lipinski definition) is 1. The number of benzene rings is 3. The maximum Gasteiger partial charge on any atom is 0.244 e. The van der Waals surface area contributed by atoms with Gasteiger partial charge in [-0.2, -0.15) is 0 Å². The fraction of sp³-hybridized carbons (Fsp3) is 0.0870. The number of para-hydroxylation sites is 1. The van der Waals surface area contributed by atoms with Crippen LogP contribution in [-0.4, -0.2) is 10.5 Å². The zero-order valence-corrected chi connectivity index (χ0v) is 14.8. The molecule has 0 saturated heterocycles. The molecule has 1 heterocycles. The Morgan fingerprint density at radius 2 is 1.59 bits per heavy atom. The second-order valence-corrected chi connectivity index (χ2v) is 6.32. The molecule has 1 N–H and O–H groups in total. The van der Waals surface area contributed by atoms with Crippen molar-refractivity contribution < 1.29 is 9.53 Å². The lowest BCUT2D eigenvalue weighted by Crippen LogP contribution is -2.18. The Hall–Kier alpha value is -3.53. The van der Waals surface area contributed by atoms with Gasteiger partial charge < -0.3 is 14.6 Å². The number of aromatic nitrogens is 1. The van der Waals surface area contributed by atoms with Crippen molar-refractivity contribution in [2.45, 2.75) is 13.2 Å². The molecule has 0 radical (unpaired) electrons. The van der Waals surface area contributed by atoms with Crippen LogP contribution < -0.4 is 10.1 Å². The highest BCUT2D eigenvalue weighted by Gasteiger charge is 2.10. The standard InChI is InChI=1S/C23H20N2O2/c26-23(24-19-10-5-2-6-11-19)16-25-15-14-20-21(25)12-7-13-22(20)27-17-18-8-3-1-4-9-18/h1-15H,16-17H2,(H,24,26). The quantitative estimate of drug-likeness (QED) is 0.536. The molecule has 27 heavy (non-hydrogen) atoms. The minimum Gasteiger partial charge on any atom is -0.488 e. The monoisotopic (exact) mass is 356 g/mol. The van der Waals surface area contributed by atoms with Crippen LogP contribution >= 0.6 is 0 Å². The molecule has 0 unspecified atom stereocenters. The largest absolute Gasteiger partial charge is 0.488 e. The lowest BCUT2D eigenvalue weighted by molar-refractivity contribution is -0.116. The zero-order chi connectivity index (χ0) is 18.5. The molecule has 0 saturated carbocycles. The smallest absolute Gasteiger partial charge is 0.244 e. The Kier molecular flexibility index (Phi) is 4.88. The Morgan fingerprint density at radius 3 is 2.37 bits per heavy atom. The van der Waals surface area contributed by atoms with Gasteiger partial charge in [-0.3, -0.25) is 4.79 Å². The van der Waals surface area contributed by atoms with Crippen LogP contribution in [0.2, 0.25) is 0 Å². The minimum absolute atomic E-state index is 0.0608. The molecule has 0 aliphatic carbocycles. The number of carbonyl (C=O) groups is 1. The highest BCUT2D eigenvalue weighted by atomic mass is 16.5. The van der Waals surface area contributed by atoms with E-state index in [0.29, 0.717) is 6.61 Å². The number of fused-ring (bicyclic) bond motifs is 1. The van der Waals surface area contributed by atoms with E-state index in [4.69, 9.17) is 4.74 Å². The topological polar surface area (TPSA) is 43.3 Å². The second-order valence-electron chi connectivity index (χ2n) is 6.32. The molecule has 3 aromatic carbocycles. The van der Waals surface area contributed by atoms with E-state index < -0.39 is 0 Å². The van der Waals surface area contributed by atoms with Crippen molar-refractivity contribution in [1.82, 2.24) is 4.57 Å². The fourth-order valence-electron chi connectivity index (χ4n) is 3.07. The van der Waals surface area contributed by atoms with Gasteiger partial charge in [0.1, 0.15) is 18.9 Å². The van der Waals surface area contributed by atoms with Crippen molar-refractivity contribution in [3.8, 4) is 5.75 Å². The lowest BCUT2D eigenvalue weighted by atomic mass is 10.2. The third-order valence-electron chi connectivity index (χ3n) is 4.38. The predicted octanol–water partition coefficient (Wildman–Crippen LogP) is 4.86. The Balaban J connectivity index is 1.49. The minimum atomic E-state index is -0.0608. The highest BCUT2D eigenvalue weighted by molar-refractivity contribution is 5.93. The van der Waals surface area contributed by atoms with Crippen LogP contribution in [0.1, 0.15) is 5.56 Å². The van der Waals surface area contributed by atoms with Gasteiger partial charge in [-0.15, -0.1) is 0 Å². The molecule has 0 spiro atoms. The summed E-state index contributed by atoms with van der Waals surface area (Å²) < 4.78 is 7.94. The molecule has 0 aliphatic heterocycles. The van der Waals surface area contributed by atoms with Crippen molar-refractivity contribution >= 4 is 22.5 Å². The van der Waals surface area contributed by atoms with Crippen LogP contribution in [0.3, 0.4) is 0 Å². The molecule has 0 fully saturated rings. The van der Waals surface area contributed by atoms with Gasteiger partial charge >= 0.3 is 0 Å². The normalized spacial score (nSPS) is 10.7. The first-order valence-electron chi connectivity index (χ1n) is 8.89. The van der Waals surface area contributed by atoms with Crippen LogP contribution in [0.25, 0.3) is 10.9 Å². The molecular formula is C23H20N2O2. The summed E-state index contributed by atoms with van der Waals surface area (Å²) in [5.74, 6) is 0.757. The van der Waals surface area contributed by atoms with Crippen molar-refractivity contribution in [1.29, 1.82) is 0 Å². The van der Waals surface area contributed by atoms with Gasteiger partial charge in [-0.25, -0.2) is 0 Å². The molecule has 0 aliphatic rings. The van der Waals surface area contributed by atoms with Crippen molar-refractivity contribution in [2.24, 2.45) is 0 Å². The van der Waals surface area contributed by atoms with E-state index in [0.717, 1.165) is 27.9 Å². The van der Waals surface area contributed by atoms with Crippen LogP contribution in [0.15, 0.2) is 91.1 Å². The highest BCUT2D eigenvalue weighted by Crippen LogP contribution is 2.27. The average molecular weight is 356 g/mol. The van der Waals surface area contributed by atoms with Crippen LogP contribution in [-0.2, 0) is 17.9 Å². The first kappa shape index (κ1) is 16.9. The Labute approximate surface area is 158 Å². The summed E-state index contributed by atoms with van der Waals surface area (Å²) in [6.07, 6.45) is 1.92. The number of amides is 1. The SMILES string of the molecule is O=C(Cn1ccc2c(OCc3ccccc3)cccc21)Nc1ccccc1. The lowest BCUT2D eigenvalue weighted by Gasteiger charge is -2.10. The predicted molar refractivity (Wildman–Crippen MR) is 108 cm³/mol. The number of carbonyl (C=O) groups excluding carboxylic acids is 1. The molecular weight excluding hydrogens is 336 g/mol. The molecule has 0 bridgehead atoms. The van der Waals surface area contributed by atoms with E-state index in [9.17, 15) is 4.79 Å². The average Bonchev–Trinajstić information content (AvgIpc) is 3.11. The fourth-order valence-corrected chi connectivity index (χ4v) is 3.07. The Bertz CT molecular complexity index is 1040. The molecule has 4 heteroatoms. The van der Waals surface area contributed by atoms with Gasteiger partial charge in [0.2, 0.25) is 5.91 Å². The third kappa shape index (κ3) is 4.01. The van der Waals surface area contributed by atoms with Crippen molar-refractivity contribution in [2.75, 3.05) is 5.32 Å². The second kappa shape index (κ2) is 7.79. The molecule has 4 nitrogen and oxygen atoms in total. The summed E-state index contributed by atoms with van der Waals surface area (Å²) in [7, 11) is 0. The summed E-state index contributed by atoms with van der Waals surface area (Å²) in [5, 5.41) is 3.92. The van der Waals surface area contributed by atoms with E-state index in [1.54, 1.807) is 0 Å². The van der Waals surface area contributed by atoms with Gasteiger partial charge in [0.15, 0.2) is 0 Å². The van der Waals surface area contributed by atoms with Crippen LogP contribution in [0.5, 0.6) is 5.75 Å². The zero-order valence-electron chi connectivity index (χ0n) is 14.8. The molecule has 134 valence electrons. The van der Waals surface area contributed by atoms with E-state index in [1.807, 2.05) is 95.7 Å². The number of ether oxygens (including phenoxy) is 1. The molecule has 4 rings (SSSR count). The summed E-state index contributed by atoms with van der Waals surface area (Å²) in [6, 6.07) is 27.5. The van der Waals surface area contributed by atoms with Crippen LogP contribution in [0, 0.1) is 0 Å². The van der Waals surface area contributed by atoms with Gasteiger partial charge in [-0.1, -0.05) is 54.6 Å². The molecule has 4 aromatic rings. The van der Waals surface area contributed by atoms with Gasteiger partial charge in [0, 0.05) is 17.3 Å². The van der Waals surface area contributed by atoms with Crippen LogP contribution in [0.4, 0.5) is 5.69 Å². The molecule has 1 amide bonds. The van der Waals surface area contributed by atoms with Gasteiger partial charge in [0.05, 0.1) is 5.52 Å². The number of anilines is 1. The van der Waals surface area contributed by atoms with E-state index in [-0.39, 0.29) is 12.5 Å². The van der Waals surface area contributed by atoms with Crippen molar-refractivity contribution in [3.63, 3.8) is 0 Å².